The molecule has 6 heteroatoms. The third-order valence-corrected chi connectivity index (χ3v) is 2.59. The number of anilines is 1. The number of esters is 1. The highest BCUT2D eigenvalue weighted by molar-refractivity contribution is 5.70. The zero-order chi connectivity index (χ0) is 13.0. The minimum Gasteiger partial charge on any atom is -0.466 e. The van der Waals surface area contributed by atoms with Gasteiger partial charge in [-0.1, -0.05) is 0 Å². The van der Waals surface area contributed by atoms with Crippen LogP contribution in [-0.2, 0) is 9.53 Å². The van der Waals surface area contributed by atoms with Gasteiger partial charge in [0.05, 0.1) is 19.2 Å². The predicted octanol–water partition coefficient (Wildman–Crippen LogP) is 1.12. The average molecular weight is 248 g/mol. The van der Waals surface area contributed by atoms with E-state index in [4.69, 9.17) is 4.74 Å². The Morgan fingerprint density at radius 1 is 1.50 bits per heavy atom. The van der Waals surface area contributed by atoms with Gasteiger partial charge in [-0.25, -0.2) is 9.50 Å². The Morgan fingerprint density at radius 3 is 3.11 bits per heavy atom. The predicted molar refractivity (Wildman–Crippen MR) is 67.5 cm³/mol. The molecule has 96 valence electrons. The molecule has 0 spiro atoms. The second-order valence-corrected chi connectivity index (χ2v) is 3.90. The summed E-state index contributed by atoms with van der Waals surface area (Å²) in [6.45, 7) is 2.80. The first-order chi connectivity index (χ1) is 8.70. The lowest BCUT2D eigenvalue weighted by molar-refractivity contribution is -0.142. The van der Waals surface area contributed by atoms with Crippen LogP contribution in [0, 0.1) is 0 Å². The van der Waals surface area contributed by atoms with Gasteiger partial charge in [0.25, 0.3) is 0 Å². The van der Waals surface area contributed by atoms with E-state index < -0.39 is 0 Å². The number of carbonyl (C=O) groups excluding carboxylic acids is 1. The summed E-state index contributed by atoms with van der Waals surface area (Å²) in [6.07, 6.45) is 3.90. The summed E-state index contributed by atoms with van der Waals surface area (Å²) < 4.78 is 6.58. The molecular formula is C12H16N4O2. The molecule has 0 radical (unpaired) electrons. The molecule has 0 aliphatic heterocycles. The van der Waals surface area contributed by atoms with Crippen LogP contribution in [0.5, 0.6) is 0 Å². The lowest BCUT2D eigenvalue weighted by Gasteiger charge is -2.17. The minimum absolute atomic E-state index is 0.185. The lowest BCUT2D eigenvalue weighted by Crippen LogP contribution is -2.23. The number of nitrogens with zero attached hydrogens (tertiary/aromatic N) is 4. The Bertz CT molecular complexity index is 538. The first-order valence-corrected chi connectivity index (χ1v) is 5.88. The van der Waals surface area contributed by atoms with Crippen LogP contribution in [0.2, 0.25) is 0 Å². The maximum atomic E-state index is 11.3. The first-order valence-electron chi connectivity index (χ1n) is 5.88. The minimum atomic E-state index is -0.185. The Morgan fingerprint density at radius 2 is 2.33 bits per heavy atom. The zero-order valence-corrected chi connectivity index (χ0v) is 10.5. The van der Waals surface area contributed by atoms with Crippen molar-refractivity contribution in [2.24, 2.45) is 0 Å². The molecule has 6 nitrogen and oxygen atoms in total. The van der Waals surface area contributed by atoms with Gasteiger partial charge >= 0.3 is 5.97 Å². The van der Waals surface area contributed by atoms with Gasteiger partial charge < -0.3 is 9.64 Å². The van der Waals surface area contributed by atoms with Crippen molar-refractivity contribution in [2.45, 2.75) is 13.3 Å². The molecule has 0 aliphatic carbocycles. The van der Waals surface area contributed by atoms with Crippen molar-refractivity contribution in [2.75, 3.05) is 25.1 Å². The van der Waals surface area contributed by atoms with E-state index in [0.29, 0.717) is 19.6 Å². The summed E-state index contributed by atoms with van der Waals surface area (Å²) in [5.74, 6) is 0.627. The monoisotopic (exact) mass is 248 g/mol. The van der Waals surface area contributed by atoms with E-state index in [-0.39, 0.29) is 5.97 Å². The van der Waals surface area contributed by atoms with Gasteiger partial charge in [0.15, 0.2) is 5.65 Å². The van der Waals surface area contributed by atoms with Gasteiger partial charge in [-0.3, -0.25) is 4.79 Å². The van der Waals surface area contributed by atoms with Crippen LogP contribution in [-0.4, -0.2) is 40.8 Å². The molecule has 2 heterocycles. The van der Waals surface area contributed by atoms with Crippen LogP contribution in [0.15, 0.2) is 24.5 Å². The summed E-state index contributed by atoms with van der Waals surface area (Å²) >= 11 is 0. The number of fused-ring (bicyclic) bond motifs is 1. The summed E-state index contributed by atoms with van der Waals surface area (Å²) in [7, 11) is 1.90. The summed E-state index contributed by atoms with van der Waals surface area (Å²) in [6, 6.07) is 3.70. The molecule has 2 aromatic rings. The van der Waals surface area contributed by atoms with Gasteiger partial charge in [-0.05, 0) is 13.0 Å². The Hall–Kier alpha value is -2.11. The molecule has 18 heavy (non-hydrogen) atoms. The van der Waals surface area contributed by atoms with Gasteiger partial charge in [-0.2, -0.15) is 5.10 Å². The number of rotatable bonds is 5. The van der Waals surface area contributed by atoms with Gasteiger partial charge in [0, 0.05) is 25.9 Å². The van der Waals surface area contributed by atoms with Crippen molar-refractivity contribution < 1.29 is 9.53 Å². The first kappa shape index (κ1) is 12.3. The largest absolute Gasteiger partial charge is 0.466 e. The maximum absolute atomic E-state index is 11.3. The zero-order valence-electron chi connectivity index (χ0n) is 10.5. The number of hydrogen-bond acceptors (Lipinski definition) is 5. The summed E-state index contributed by atoms with van der Waals surface area (Å²) in [4.78, 5) is 17.6. The molecule has 0 unspecified atom stereocenters. The van der Waals surface area contributed by atoms with Gasteiger partial charge in [0.2, 0.25) is 0 Å². The second-order valence-electron chi connectivity index (χ2n) is 3.90. The molecule has 0 N–H and O–H groups in total. The third-order valence-electron chi connectivity index (χ3n) is 2.59. The summed E-state index contributed by atoms with van der Waals surface area (Å²) in [5, 5.41) is 4.08. The van der Waals surface area contributed by atoms with E-state index in [1.807, 2.05) is 30.3 Å². The highest BCUT2D eigenvalue weighted by Gasteiger charge is 2.07. The molecule has 0 amide bonds. The van der Waals surface area contributed by atoms with Gasteiger partial charge in [0.1, 0.15) is 5.82 Å². The van der Waals surface area contributed by atoms with E-state index >= 15 is 0 Å². The summed E-state index contributed by atoms with van der Waals surface area (Å²) in [5.41, 5.74) is 0.787. The van der Waals surface area contributed by atoms with Gasteiger partial charge in [-0.15, -0.1) is 0 Å². The fourth-order valence-electron chi connectivity index (χ4n) is 1.62. The maximum Gasteiger partial charge on any atom is 0.307 e. The SMILES string of the molecule is CCOC(=O)CCN(C)c1ccn2nccc2n1. The Kier molecular flexibility index (Phi) is 3.76. The van der Waals surface area contributed by atoms with Crippen molar-refractivity contribution in [1.29, 1.82) is 0 Å². The molecule has 2 rings (SSSR count). The van der Waals surface area contributed by atoms with Crippen LogP contribution in [0.1, 0.15) is 13.3 Å². The van der Waals surface area contributed by atoms with Crippen LogP contribution in [0.25, 0.3) is 5.65 Å². The fraction of sp³-hybridized carbons (Fsp3) is 0.417. The van der Waals surface area contributed by atoms with Crippen LogP contribution in [0.4, 0.5) is 5.82 Å². The number of ether oxygens (including phenoxy) is 1. The van der Waals surface area contributed by atoms with E-state index in [1.54, 1.807) is 17.6 Å². The Labute approximate surface area is 105 Å². The van der Waals surface area contributed by atoms with E-state index in [0.717, 1.165) is 11.5 Å². The van der Waals surface area contributed by atoms with E-state index in [1.165, 1.54) is 0 Å². The quantitative estimate of drug-likeness (QED) is 0.742. The lowest BCUT2D eigenvalue weighted by atomic mass is 10.4. The van der Waals surface area contributed by atoms with Crippen molar-refractivity contribution in [3.05, 3.63) is 24.5 Å². The highest BCUT2D eigenvalue weighted by atomic mass is 16.5. The average Bonchev–Trinajstić information content (AvgIpc) is 2.83. The molecular weight excluding hydrogens is 232 g/mol. The normalized spacial score (nSPS) is 10.6. The number of carbonyl (C=O) groups is 1. The van der Waals surface area contributed by atoms with Crippen LogP contribution in [0.3, 0.4) is 0 Å². The fourth-order valence-corrected chi connectivity index (χ4v) is 1.62. The van der Waals surface area contributed by atoms with E-state index in [2.05, 4.69) is 10.1 Å². The second kappa shape index (κ2) is 5.48. The molecule has 2 aromatic heterocycles. The third kappa shape index (κ3) is 2.77. The van der Waals surface area contributed by atoms with Crippen molar-refractivity contribution >= 4 is 17.4 Å². The topological polar surface area (TPSA) is 59.7 Å². The smallest absolute Gasteiger partial charge is 0.307 e. The van der Waals surface area contributed by atoms with Crippen LogP contribution < -0.4 is 4.90 Å². The molecule has 0 atom stereocenters. The van der Waals surface area contributed by atoms with Crippen LogP contribution >= 0.6 is 0 Å². The highest BCUT2D eigenvalue weighted by Crippen LogP contribution is 2.10. The number of aromatic nitrogens is 3. The number of hydrogen-bond donors (Lipinski definition) is 0. The van der Waals surface area contributed by atoms with Crippen molar-refractivity contribution in [3.63, 3.8) is 0 Å². The molecule has 0 aromatic carbocycles. The molecule has 0 saturated heterocycles. The molecule has 0 saturated carbocycles. The van der Waals surface area contributed by atoms with E-state index in [9.17, 15) is 4.79 Å². The molecule has 0 aliphatic rings. The molecule has 0 bridgehead atoms. The standard InChI is InChI=1S/C12H16N4O2/c1-3-18-12(17)6-8-15(2)10-5-9-16-11(14-10)4-7-13-16/h4-5,7,9H,3,6,8H2,1-2H3. The Balaban J connectivity index is 1.99. The van der Waals surface area contributed by atoms with Crippen molar-refractivity contribution in [3.8, 4) is 0 Å². The van der Waals surface area contributed by atoms with Crippen molar-refractivity contribution in [1.82, 2.24) is 14.6 Å². The molecule has 0 fully saturated rings.